The predicted molar refractivity (Wildman–Crippen MR) is 161 cm³/mol. The molecule has 4 aromatic rings. The quantitative estimate of drug-likeness (QED) is 0.302. The van der Waals surface area contributed by atoms with Crippen LogP contribution in [0.3, 0.4) is 0 Å². The average molecular weight is 580 g/mol. The maximum atomic E-state index is 13.7. The number of likely N-dealkylation sites (N-methyl/N-ethyl adjacent to an activating group) is 1. The lowest BCUT2D eigenvalue weighted by molar-refractivity contribution is -0.122. The number of carbonyl (C=O) groups is 2. The van der Waals surface area contributed by atoms with E-state index in [2.05, 4.69) is 11.4 Å². The Morgan fingerprint density at radius 2 is 1.87 bits per heavy atom. The normalized spacial score (nSPS) is 15.4. The topological polar surface area (TPSA) is 70.5 Å². The van der Waals surface area contributed by atoms with E-state index in [0.29, 0.717) is 23.9 Å². The lowest BCUT2D eigenvalue weighted by Crippen LogP contribution is -2.43. The van der Waals surface area contributed by atoms with Crippen molar-refractivity contribution in [3.05, 3.63) is 87.1 Å². The molecule has 0 saturated heterocycles. The van der Waals surface area contributed by atoms with Crippen LogP contribution in [0.15, 0.2) is 66.0 Å². The van der Waals surface area contributed by atoms with E-state index in [0.717, 1.165) is 32.9 Å². The highest BCUT2D eigenvalue weighted by Crippen LogP contribution is 2.49. The predicted octanol–water partition coefficient (Wildman–Crippen LogP) is 5.41. The van der Waals surface area contributed by atoms with Crippen LogP contribution >= 0.6 is 34.7 Å². The molecule has 0 fully saturated rings. The minimum absolute atomic E-state index is 0.0887. The fourth-order valence-corrected chi connectivity index (χ4v) is 6.79. The molecule has 0 aliphatic carbocycles. The minimum Gasteiger partial charge on any atom is -0.353 e. The van der Waals surface area contributed by atoms with Crippen LogP contribution in [0.4, 0.5) is 5.82 Å². The number of aromatic nitrogens is 2. The summed E-state index contributed by atoms with van der Waals surface area (Å²) >= 11 is 9.45. The summed E-state index contributed by atoms with van der Waals surface area (Å²) < 4.78 is 1.82. The van der Waals surface area contributed by atoms with Gasteiger partial charge in [-0.2, -0.15) is 5.10 Å². The van der Waals surface area contributed by atoms with E-state index in [4.69, 9.17) is 16.7 Å². The molecular formula is C29H30ClN5O2S2. The third-order valence-corrected chi connectivity index (χ3v) is 9.04. The van der Waals surface area contributed by atoms with Crippen molar-refractivity contribution in [2.45, 2.75) is 12.2 Å². The molecule has 2 amide bonds. The fraction of sp³-hybridized carbons (Fsp3) is 0.276. The Labute approximate surface area is 241 Å². The van der Waals surface area contributed by atoms with Gasteiger partial charge in [0.1, 0.15) is 12.4 Å². The molecule has 10 heteroatoms. The van der Waals surface area contributed by atoms with Crippen LogP contribution < -0.4 is 10.2 Å². The number of fused-ring (bicyclic) bond motifs is 1. The summed E-state index contributed by atoms with van der Waals surface area (Å²) in [6.07, 6.45) is 0. The third-order valence-electron chi connectivity index (χ3n) is 6.47. The highest BCUT2D eigenvalue weighted by Gasteiger charge is 2.38. The van der Waals surface area contributed by atoms with Gasteiger partial charge >= 0.3 is 0 Å². The molecule has 0 radical (unpaired) electrons. The molecule has 202 valence electrons. The molecule has 1 unspecified atom stereocenters. The second kappa shape index (κ2) is 12.0. The maximum absolute atomic E-state index is 13.7. The number of halogens is 1. The summed E-state index contributed by atoms with van der Waals surface area (Å²) in [6.45, 7) is 3.16. The summed E-state index contributed by atoms with van der Waals surface area (Å²) in [5.74, 6) is 0.537. The van der Waals surface area contributed by atoms with Crippen LogP contribution in [-0.2, 0) is 9.59 Å². The molecule has 7 nitrogen and oxygen atoms in total. The molecule has 1 aliphatic heterocycles. The van der Waals surface area contributed by atoms with Gasteiger partial charge in [-0.05, 0) is 56.7 Å². The minimum atomic E-state index is -0.208. The fourth-order valence-electron chi connectivity index (χ4n) is 4.49. The van der Waals surface area contributed by atoms with E-state index in [1.54, 1.807) is 28.0 Å². The average Bonchev–Trinajstić information content (AvgIpc) is 3.55. The van der Waals surface area contributed by atoms with E-state index < -0.39 is 0 Å². The molecule has 0 saturated carbocycles. The Morgan fingerprint density at radius 3 is 2.54 bits per heavy atom. The van der Waals surface area contributed by atoms with Gasteiger partial charge in [0.05, 0.1) is 22.4 Å². The van der Waals surface area contributed by atoms with Gasteiger partial charge in [0.2, 0.25) is 11.8 Å². The van der Waals surface area contributed by atoms with Gasteiger partial charge in [-0.25, -0.2) is 4.68 Å². The van der Waals surface area contributed by atoms with Crippen LogP contribution in [0.2, 0.25) is 5.02 Å². The SMILES string of the molecule is Cc1ccc(-n2nc(-c3ccc(Cl)cc3)c3c2N(CC(=O)NCCN(C)C)C(=O)CSC3c2cccs2)cc1. The summed E-state index contributed by atoms with van der Waals surface area (Å²) in [4.78, 5) is 31.5. The number of anilines is 1. The number of thiophene rings is 1. The summed E-state index contributed by atoms with van der Waals surface area (Å²) in [6, 6.07) is 19.7. The molecule has 2 aromatic carbocycles. The van der Waals surface area contributed by atoms with E-state index in [1.165, 1.54) is 0 Å². The van der Waals surface area contributed by atoms with Crippen molar-refractivity contribution in [1.82, 2.24) is 20.0 Å². The van der Waals surface area contributed by atoms with Crippen LogP contribution in [0.25, 0.3) is 16.9 Å². The first kappa shape index (κ1) is 27.5. The van der Waals surface area contributed by atoms with Gasteiger partial charge in [-0.15, -0.1) is 23.1 Å². The van der Waals surface area contributed by atoms with Crippen LogP contribution in [0, 0.1) is 6.92 Å². The summed E-state index contributed by atoms with van der Waals surface area (Å²) in [5, 5.41) is 10.6. The van der Waals surface area contributed by atoms with Gasteiger partial charge in [0.25, 0.3) is 0 Å². The van der Waals surface area contributed by atoms with E-state index in [9.17, 15) is 9.59 Å². The Bertz CT molecular complexity index is 1450. The van der Waals surface area contributed by atoms with Crippen molar-refractivity contribution in [3.8, 4) is 16.9 Å². The molecule has 1 aliphatic rings. The Kier molecular flexibility index (Phi) is 8.42. The van der Waals surface area contributed by atoms with Crippen molar-refractivity contribution in [3.63, 3.8) is 0 Å². The zero-order valence-corrected chi connectivity index (χ0v) is 24.4. The number of carbonyl (C=O) groups excluding carboxylic acids is 2. The number of thioether (sulfide) groups is 1. The molecular weight excluding hydrogens is 550 g/mol. The van der Waals surface area contributed by atoms with Crippen molar-refractivity contribution in [2.75, 3.05) is 44.4 Å². The number of aryl methyl sites for hydroxylation is 1. The molecule has 5 rings (SSSR count). The van der Waals surface area contributed by atoms with Crippen molar-refractivity contribution >= 4 is 52.3 Å². The number of nitrogens with zero attached hydrogens (tertiary/aromatic N) is 4. The van der Waals surface area contributed by atoms with Crippen molar-refractivity contribution in [1.29, 1.82) is 0 Å². The Balaban J connectivity index is 1.70. The number of hydrogen-bond acceptors (Lipinski definition) is 6. The van der Waals surface area contributed by atoms with Crippen molar-refractivity contribution < 1.29 is 9.59 Å². The number of benzene rings is 2. The monoisotopic (exact) mass is 579 g/mol. The van der Waals surface area contributed by atoms with Gasteiger partial charge in [0, 0.05) is 34.1 Å². The number of amides is 2. The number of hydrogen-bond donors (Lipinski definition) is 1. The first-order chi connectivity index (χ1) is 18.8. The largest absolute Gasteiger partial charge is 0.353 e. The summed E-state index contributed by atoms with van der Waals surface area (Å²) in [5.41, 5.74) is 4.52. The first-order valence-corrected chi connectivity index (χ1v) is 14.9. The molecule has 0 bridgehead atoms. The second-order valence-corrected chi connectivity index (χ2v) is 12.2. The zero-order chi connectivity index (χ0) is 27.5. The third kappa shape index (κ3) is 6.06. The molecule has 39 heavy (non-hydrogen) atoms. The highest BCUT2D eigenvalue weighted by molar-refractivity contribution is 8.00. The highest BCUT2D eigenvalue weighted by atomic mass is 35.5. The number of rotatable bonds is 8. The van der Waals surface area contributed by atoms with Gasteiger partial charge < -0.3 is 10.2 Å². The molecule has 0 spiro atoms. The van der Waals surface area contributed by atoms with Crippen molar-refractivity contribution in [2.24, 2.45) is 0 Å². The molecule has 3 heterocycles. The number of nitrogens with one attached hydrogen (secondary N) is 1. The lowest BCUT2D eigenvalue weighted by atomic mass is 10.0. The smallest absolute Gasteiger partial charge is 0.240 e. The maximum Gasteiger partial charge on any atom is 0.240 e. The second-order valence-electron chi connectivity index (χ2n) is 9.68. The van der Waals surface area contributed by atoms with Crippen LogP contribution in [0.1, 0.15) is 21.3 Å². The zero-order valence-electron chi connectivity index (χ0n) is 22.1. The van der Waals surface area contributed by atoms with E-state index in [-0.39, 0.29) is 29.4 Å². The Morgan fingerprint density at radius 1 is 1.13 bits per heavy atom. The van der Waals surface area contributed by atoms with Gasteiger partial charge in [0.15, 0.2) is 0 Å². The van der Waals surface area contributed by atoms with Gasteiger partial charge in [-0.1, -0.05) is 47.5 Å². The van der Waals surface area contributed by atoms with Gasteiger partial charge in [-0.3, -0.25) is 14.5 Å². The van der Waals surface area contributed by atoms with Crippen LogP contribution in [-0.4, -0.2) is 66.0 Å². The first-order valence-electron chi connectivity index (χ1n) is 12.6. The molecule has 1 N–H and O–H groups in total. The van der Waals surface area contributed by atoms with Crippen LogP contribution in [0.5, 0.6) is 0 Å². The molecule has 1 atom stereocenters. The molecule has 2 aromatic heterocycles. The van der Waals surface area contributed by atoms with E-state index in [1.807, 2.05) is 90.6 Å². The lowest BCUT2D eigenvalue weighted by Gasteiger charge is -2.23. The summed E-state index contributed by atoms with van der Waals surface area (Å²) in [7, 11) is 3.91. The Hall–Kier alpha value is -3.11. The standard InChI is InChI=1S/C29H30ClN5O2S2/c1-19-6-12-22(13-7-19)35-29-26(27(32-35)20-8-10-21(30)11-9-20)28(23-5-4-16-38-23)39-18-25(37)34(29)17-24(36)31-14-15-33(2)3/h4-13,16,28H,14-15,17-18H2,1-3H3,(H,31,36). The van der Waals surface area contributed by atoms with E-state index >= 15 is 0 Å².